The number of aliphatic hydroxyl groups excluding tert-OH is 3. The second-order valence-electron chi connectivity index (χ2n) is 5.60. The number of rotatable bonds is 12. The maximum absolute atomic E-state index is 10.4. The molecule has 1 aliphatic rings. The third-order valence-electron chi connectivity index (χ3n) is 3.56. The Morgan fingerprint density at radius 2 is 2.17 bits per heavy atom. The fourth-order valence-electron chi connectivity index (χ4n) is 2.11. The zero-order valence-electron chi connectivity index (χ0n) is 13.7. The van der Waals surface area contributed by atoms with Gasteiger partial charge in [0.1, 0.15) is 18.5 Å². The highest BCUT2D eigenvalue weighted by Crippen LogP contribution is 2.20. The molecule has 0 radical (unpaired) electrons. The van der Waals surface area contributed by atoms with E-state index in [-0.39, 0.29) is 13.0 Å². The van der Waals surface area contributed by atoms with E-state index in [9.17, 15) is 15.0 Å². The maximum atomic E-state index is 10.4. The molecule has 0 amide bonds. The summed E-state index contributed by atoms with van der Waals surface area (Å²) in [6.45, 7) is 4.75. The summed E-state index contributed by atoms with van der Waals surface area (Å²) in [5.74, 6) is 0. The molecule has 1 heterocycles. The van der Waals surface area contributed by atoms with Crippen molar-refractivity contribution in [3.8, 4) is 0 Å². The summed E-state index contributed by atoms with van der Waals surface area (Å²) in [7, 11) is 0. The first-order valence-corrected chi connectivity index (χ1v) is 7.92. The highest BCUT2D eigenvalue weighted by atomic mass is 16.7. The first kappa shape index (κ1) is 21.0. The van der Waals surface area contributed by atoms with E-state index in [0.717, 1.165) is 5.70 Å². The van der Waals surface area contributed by atoms with E-state index >= 15 is 0 Å². The number of aldehydes is 1. The molecule has 24 heavy (non-hydrogen) atoms. The summed E-state index contributed by atoms with van der Waals surface area (Å²) in [6.07, 6.45) is -2.28. The van der Waals surface area contributed by atoms with Crippen LogP contribution in [0.5, 0.6) is 0 Å². The minimum absolute atomic E-state index is 0.134. The van der Waals surface area contributed by atoms with Crippen molar-refractivity contribution < 1.29 is 34.3 Å². The second-order valence-corrected chi connectivity index (χ2v) is 5.60. The molecule has 0 aliphatic carbocycles. The summed E-state index contributed by atoms with van der Waals surface area (Å²) in [4.78, 5) is 10.4. The van der Waals surface area contributed by atoms with Crippen LogP contribution < -0.4 is 11.1 Å². The summed E-state index contributed by atoms with van der Waals surface area (Å²) in [6, 6.07) is -0.553. The third-order valence-corrected chi connectivity index (χ3v) is 3.56. The molecule has 1 fully saturated rings. The Kier molecular flexibility index (Phi) is 10.0. The number of nitrogens with two attached hydrogens (primary N) is 1. The zero-order valence-corrected chi connectivity index (χ0v) is 13.7. The van der Waals surface area contributed by atoms with Gasteiger partial charge in [-0.3, -0.25) is 0 Å². The van der Waals surface area contributed by atoms with Crippen LogP contribution in [0.3, 0.4) is 0 Å². The van der Waals surface area contributed by atoms with E-state index in [2.05, 4.69) is 11.9 Å². The van der Waals surface area contributed by atoms with Crippen molar-refractivity contribution >= 4 is 6.29 Å². The first-order chi connectivity index (χ1) is 11.5. The Hall–Kier alpha value is -1.07. The molecule has 5 atom stereocenters. The Balaban J connectivity index is 2.06. The summed E-state index contributed by atoms with van der Waals surface area (Å²) in [5.41, 5.74) is 6.17. The van der Waals surface area contributed by atoms with Crippen molar-refractivity contribution in [1.29, 1.82) is 0 Å². The van der Waals surface area contributed by atoms with Crippen molar-refractivity contribution in [3.63, 3.8) is 0 Å². The van der Waals surface area contributed by atoms with Gasteiger partial charge in [0.25, 0.3) is 0 Å². The van der Waals surface area contributed by atoms with Crippen molar-refractivity contribution in [2.75, 3.05) is 33.0 Å². The van der Waals surface area contributed by atoms with Gasteiger partial charge in [0.05, 0.1) is 38.6 Å². The Morgan fingerprint density at radius 3 is 2.83 bits per heavy atom. The number of nitrogens with one attached hydrogen (secondary N) is 1. The van der Waals surface area contributed by atoms with Crippen molar-refractivity contribution in [2.24, 2.45) is 5.73 Å². The van der Waals surface area contributed by atoms with E-state index in [1.807, 2.05) is 0 Å². The molecule has 6 N–H and O–H groups in total. The second kappa shape index (κ2) is 11.5. The molecule has 9 nitrogen and oxygen atoms in total. The van der Waals surface area contributed by atoms with E-state index in [1.54, 1.807) is 0 Å². The lowest BCUT2D eigenvalue weighted by molar-refractivity contribution is -0.258. The van der Waals surface area contributed by atoms with Gasteiger partial charge in [0.2, 0.25) is 0 Å². The van der Waals surface area contributed by atoms with Gasteiger partial charge in [-0.1, -0.05) is 6.58 Å². The fraction of sp³-hybridized carbons (Fsp3) is 0.800. The predicted octanol–water partition coefficient (Wildman–Crippen LogP) is -2.13. The van der Waals surface area contributed by atoms with Crippen LogP contribution in [0, 0.1) is 0 Å². The average Bonchev–Trinajstić information content (AvgIpc) is 2.58. The van der Waals surface area contributed by atoms with Crippen molar-refractivity contribution in [2.45, 2.75) is 43.5 Å². The number of hydrogen-bond acceptors (Lipinski definition) is 9. The molecule has 0 spiro atoms. The monoisotopic (exact) mass is 348 g/mol. The molecular weight excluding hydrogens is 320 g/mol. The standard InChI is InChI=1S/C15H28N2O7/c1-10(17-7-11(16)8-18)2-3-22-4-5-23-14-6-12(20)15(21)13(9-19)24-14/h8,11-15,17,19-21H,1-7,9,16H2/t11-,12+,13?,14?,15?/m0/s1. The third kappa shape index (κ3) is 7.67. The zero-order chi connectivity index (χ0) is 17.9. The average molecular weight is 348 g/mol. The largest absolute Gasteiger partial charge is 0.394 e. The molecule has 1 aliphatic heterocycles. The fourth-order valence-corrected chi connectivity index (χ4v) is 2.11. The Bertz CT molecular complexity index is 383. The molecule has 1 rings (SSSR count). The van der Waals surface area contributed by atoms with Crippen LogP contribution >= 0.6 is 0 Å². The number of ether oxygens (including phenoxy) is 3. The molecular formula is C15H28N2O7. The van der Waals surface area contributed by atoms with E-state index < -0.39 is 37.3 Å². The first-order valence-electron chi connectivity index (χ1n) is 7.92. The van der Waals surface area contributed by atoms with Crippen LogP contribution in [-0.2, 0) is 19.0 Å². The van der Waals surface area contributed by atoms with Gasteiger partial charge >= 0.3 is 0 Å². The minimum Gasteiger partial charge on any atom is -0.394 e. The number of carbonyl (C=O) groups excluding carboxylic acids is 1. The number of hydrogen-bond donors (Lipinski definition) is 5. The van der Waals surface area contributed by atoms with Gasteiger partial charge in [-0.15, -0.1) is 0 Å². The smallest absolute Gasteiger partial charge is 0.160 e. The molecule has 9 heteroatoms. The van der Waals surface area contributed by atoms with Crippen LogP contribution in [0.4, 0.5) is 0 Å². The number of carbonyl (C=O) groups is 1. The maximum Gasteiger partial charge on any atom is 0.160 e. The Morgan fingerprint density at radius 1 is 1.42 bits per heavy atom. The molecule has 0 bridgehead atoms. The Labute approximate surface area is 141 Å². The highest BCUT2D eigenvalue weighted by Gasteiger charge is 2.36. The highest BCUT2D eigenvalue weighted by molar-refractivity contribution is 5.57. The van der Waals surface area contributed by atoms with Gasteiger partial charge in [-0.05, 0) is 0 Å². The van der Waals surface area contributed by atoms with Crippen LogP contribution in [0.2, 0.25) is 0 Å². The topological polar surface area (TPSA) is 144 Å². The van der Waals surface area contributed by atoms with Gasteiger partial charge in [0.15, 0.2) is 6.29 Å². The number of aliphatic hydroxyl groups is 3. The van der Waals surface area contributed by atoms with Crippen LogP contribution in [0.1, 0.15) is 12.8 Å². The predicted molar refractivity (Wildman–Crippen MR) is 84.9 cm³/mol. The van der Waals surface area contributed by atoms with E-state index in [4.69, 9.17) is 25.1 Å². The molecule has 0 aromatic carbocycles. The van der Waals surface area contributed by atoms with Crippen molar-refractivity contribution in [1.82, 2.24) is 5.32 Å². The van der Waals surface area contributed by atoms with Gasteiger partial charge in [0, 0.05) is 25.1 Å². The minimum atomic E-state index is -1.11. The van der Waals surface area contributed by atoms with E-state index in [0.29, 0.717) is 32.5 Å². The SMILES string of the molecule is C=C(CCOCCOC1C[C@@H](O)C(O)C(CO)O1)NC[C@H](N)C=O. The molecule has 3 unspecified atom stereocenters. The summed E-state index contributed by atoms with van der Waals surface area (Å²) >= 11 is 0. The van der Waals surface area contributed by atoms with E-state index in [1.165, 1.54) is 0 Å². The van der Waals surface area contributed by atoms with Gasteiger partial charge in [-0.25, -0.2) is 0 Å². The lowest BCUT2D eigenvalue weighted by Crippen LogP contribution is -2.50. The summed E-state index contributed by atoms with van der Waals surface area (Å²) < 4.78 is 16.1. The summed E-state index contributed by atoms with van der Waals surface area (Å²) in [5, 5.41) is 31.3. The van der Waals surface area contributed by atoms with Crippen molar-refractivity contribution in [3.05, 3.63) is 12.3 Å². The van der Waals surface area contributed by atoms with Gasteiger partial charge in [-0.2, -0.15) is 0 Å². The van der Waals surface area contributed by atoms with Crippen LogP contribution in [0.25, 0.3) is 0 Å². The lowest BCUT2D eigenvalue weighted by atomic mass is 10.0. The lowest BCUT2D eigenvalue weighted by Gasteiger charge is -2.36. The van der Waals surface area contributed by atoms with Gasteiger partial charge < -0.3 is 45.4 Å². The normalized spacial score (nSPS) is 28.3. The quantitative estimate of drug-likeness (QED) is 0.197. The molecule has 1 saturated heterocycles. The van der Waals surface area contributed by atoms with Crippen LogP contribution in [-0.4, -0.2) is 85.2 Å². The molecule has 140 valence electrons. The molecule has 0 aromatic rings. The molecule has 0 saturated carbocycles. The molecule has 0 aromatic heterocycles. The van der Waals surface area contributed by atoms with Crippen LogP contribution in [0.15, 0.2) is 12.3 Å².